The highest BCUT2D eigenvalue weighted by molar-refractivity contribution is 5.93. The lowest BCUT2D eigenvalue weighted by Gasteiger charge is -2.35. The van der Waals surface area contributed by atoms with Gasteiger partial charge in [-0.05, 0) is 55.3 Å². The summed E-state index contributed by atoms with van der Waals surface area (Å²) < 4.78 is 10.7. The van der Waals surface area contributed by atoms with E-state index in [0.717, 1.165) is 30.1 Å². The first-order valence-corrected chi connectivity index (χ1v) is 9.78. The van der Waals surface area contributed by atoms with Gasteiger partial charge >= 0.3 is 0 Å². The molecule has 1 saturated heterocycles. The highest BCUT2D eigenvalue weighted by Gasteiger charge is 2.25. The van der Waals surface area contributed by atoms with Gasteiger partial charge in [0.15, 0.2) is 11.5 Å². The molecule has 6 heteroatoms. The molecule has 1 fully saturated rings. The van der Waals surface area contributed by atoms with E-state index in [4.69, 9.17) is 9.26 Å². The number of hydrogen-bond donors (Lipinski definition) is 0. The predicted molar refractivity (Wildman–Crippen MR) is 113 cm³/mol. The zero-order valence-electron chi connectivity index (χ0n) is 17.0. The van der Waals surface area contributed by atoms with E-state index in [0.29, 0.717) is 24.5 Å². The molecule has 0 N–H and O–H groups in total. The number of carbonyl (C=O) groups is 1. The molecule has 1 amide bonds. The van der Waals surface area contributed by atoms with Gasteiger partial charge in [-0.2, -0.15) is 0 Å². The van der Waals surface area contributed by atoms with E-state index in [2.05, 4.69) is 30.0 Å². The summed E-state index contributed by atoms with van der Waals surface area (Å²) in [7, 11) is 1.66. The van der Waals surface area contributed by atoms with Gasteiger partial charge in [-0.15, -0.1) is 0 Å². The average Bonchev–Trinajstić information content (AvgIpc) is 3.25. The van der Waals surface area contributed by atoms with Crippen molar-refractivity contribution in [1.82, 2.24) is 10.1 Å². The highest BCUT2D eigenvalue weighted by atomic mass is 16.5. The minimum Gasteiger partial charge on any atom is -0.497 e. The van der Waals surface area contributed by atoms with E-state index in [9.17, 15) is 4.79 Å². The van der Waals surface area contributed by atoms with Crippen molar-refractivity contribution in [2.45, 2.75) is 13.8 Å². The number of aromatic nitrogens is 1. The first-order valence-electron chi connectivity index (χ1n) is 9.78. The Labute approximate surface area is 170 Å². The maximum absolute atomic E-state index is 12.9. The van der Waals surface area contributed by atoms with Gasteiger partial charge < -0.3 is 19.1 Å². The summed E-state index contributed by atoms with van der Waals surface area (Å²) in [6.45, 7) is 6.98. The lowest BCUT2D eigenvalue weighted by atomic mass is 10.0. The van der Waals surface area contributed by atoms with E-state index >= 15 is 0 Å². The molecule has 0 spiro atoms. The molecule has 6 nitrogen and oxygen atoms in total. The number of hydrogen-bond acceptors (Lipinski definition) is 5. The van der Waals surface area contributed by atoms with E-state index in [1.54, 1.807) is 13.2 Å². The molecule has 4 rings (SSSR count). The van der Waals surface area contributed by atoms with Gasteiger partial charge in [0.2, 0.25) is 0 Å². The van der Waals surface area contributed by atoms with E-state index in [-0.39, 0.29) is 5.91 Å². The maximum atomic E-state index is 12.9. The van der Waals surface area contributed by atoms with Gasteiger partial charge in [0.25, 0.3) is 5.91 Å². The van der Waals surface area contributed by atoms with Gasteiger partial charge in [0.1, 0.15) is 5.75 Å². The van der Waals surface area contributed by atoms with Crippen LogP contribution < -0.4 is 9.64 Å². The molecule has 0 aliphatic carbocycles. The molecule has 1 aliphatic rings. The third kappa shape index (κ3) is 3.97. The Morgan fingerprint density at radius 1 is 0.966 bits per heavy atom. The summed E-state index contributed by atoms with van der Waals surface area (Å²) in [6.07, 6.45) is 0. The molecule has 0 unspecified atom stereocenters. The Morgan fingerprint density at radius 3 is 2.34 bits per heavy atom. The van der Waals surface area contributed by atoms with Gasteiger partial charge in [0, 0.05) is 43.5 Å². The van der Waals surface area contributed by atoms with Crippen LogP contribution in [0.5, 0.6) is 5.75 Å². The summed E-state index contributed by atoms with van der Waals surface area (Å²) in [5, 5.41) is 4.02. The number of amides is 1. The number of rotatable bonds is 4. The summed E-state index contributed by atoms with van der Waals surface area (Å²) in [6, 6.07) is 15.8. The molecule has 2 heterocycles. The predicted octanol–water partition coefficient (Wildman–Crippen LogP) is 3.93. The number of ether oxygens (including phenoxy) is 1. The Morgan fingerprint density at radius 2 is 1.69 bits per heavy atom. The van der Waals surface area contributed by atoms with Crippen molar-refractivity contribution >= 4 is 11.6 Å². The number of piperazine rings is 1. The second kappa shape index (κ2) is 7.99. The number of methoxy groups -OCH3 is 1. The number of anilines is 1. The van der Waals surface area contributed by atoms with Crippen molar-refractivity contribution in [1.29, 1.82) is 0 Å². The van der Waals surface area contributed by atoms with Crippen LogP contribution in [-0.4, -0.2) is 49.3 Å². The molecule has 1 aliphatic heterocycles. The lowest BCUT2D eigenvalue weighted by molar-refractivity contribution is 0.0736. The SMILES string of the molecule is COc1ccc(N2CCN(C(=O)c3cc(-c4ccc(C)c(C)c4)on3)CC2)cc1. The summed E-state index contributed by atoms with van der Waals surface area (Å²) >= 11 is 0. The van der Waals surface area contributed by atoms with Gasteiger partial charge in [-0.1, -0.05) is 17.3 Å². The lowest BCUT2D eigenvalue weighted by Crippen LogP contribution is -2.48. The number of carbonyl (C=O) groups excluding carboxylic acids is 1. The van der Waals surface area contributed by atoms with Crippen LogP contribution in [0.2, 0.25) is 0 Å². The minimum atomic E-state index is -0.0850. The fourth-order valence-electron chi connectivity index (χ4n) is 3.53. The molecule has 0 saturated carbocycles. The minimum absolute atomic E-state index is 0.0850. The monoisotopic (exact) mass is 391 g/mol. The third-order valence-electron chi connectivity index (χ3n) is 5.53. The molecule has 29 heavy (non-hydrogen) atoms. The van der Waals surface area contributed by atoms with Crippen LogP contribution in [0, 0.1) is 13.8 Å². The van der Waals surface area contributed by atoms with Crippen molar-refractivity contribution in [2.75, 3.05) is 38.2 Å². The Kier molecular flexibility index (Phi) is 5.25. The van der Waals surface area contributed by atoms with Crippen LogP contribution in [0.15, 0.2) is 53.1 Å². The van der Waals surface area contributed by atoms with Crippen molar-refractivity contribution in [3.05, 3.63) is 65.4 Å². The van der Waals surface area contributed by atoms with Gasteiger partial charge in [0.05, 0.1) is 7.11 Å². The second-order valence-electron chi connectivity index (χ2n) is 7.35. The molecule has 0 atom stereocenters. The van der Waals surface area contributed by atoms with Crippen molar-refractivity contribution in [2.24, 2.45) is 0 Å². The smallest absolute Gasteiger partial charge is 0.276 e. The number of aryl methyl sites for hydroxylation is 2. The van der Waals surface area contributed by atoms with Crippen LogP contribution in [0.3, 0.4) is 0 Å². The molecule has 0 bridgehead atoms. The summed E-state index contributed by atoms with van der Waals surface area (Å²) in [5.41, 5.74) is 4.83. The number of nitrogens with zero attached hydrogens (tertiary/aromatic N) is 3. The quantitative estimate of drug-likeness (QED) is 0.674. The number of benzene rings is 2. The van der Waals surface area contributed by atoms with E-state index in [1.165, 1.54) is 11.1 Å². The first-order chi connectivity index (χ1) is 14.0. The van der Waals surface area contributed by atoms with Gasteiger partial charge in [-0.25, -0.2) is 0 Å². The highest BCUT2D eigenvalue weighted by Crippen LogP contribution is 2.24. The zero-order valence-corrected chi connectivity index (χ0v) is 17.0. The van der Waals surface area contributed by atoms with Crippen LogP contribution in [0.1, 0.15) is 21.6 Å². The molecule has 1 aromatic heterocycles. The maximum Gasteiger partial charge on any atom is 0.276 e. The van der Waals surface area contributed by atoms with Crippen LogP contribution in [-0.2, 0) is 0 Å². The van der Waals surface area contributed by atoms with Gasteiger partial charge in [-0.3, -0.25) is 4.79 Å². The fraction of sp³-hybridized carbons (Fsp3) is 0.304. The van der Waals surface area contributed by atoms with E-state index < -0.39 is 0 Å². The fourth-order valence-corrected chi connectivity index (χ4v) is 3.53. The van der Waals surface area contributed by atoms with Crippen LogP contribution in [0.4, 0.5) is 5.69 Å². The third-order valence-corrected chi connectivity index (χ3v) is 5.53. The average molecular weight is 391 g/mol. The summed E-state index contributed by atoms with van der Waals surface area (Å²) in [5.74, 6) is 1.37. The second-order valence-corrected chi connectivity index (χ2v) is 7.35. The van der Waals surface area contributed by atoms with E-state index in [1.807, 2.05) is 41.3 Å². The Hall–Kier alpha value is -3.28. The molecule has 2 aromatic carbocycles. The molecular formula is C23H25N3O3. The first kappa shape index (κ1) is 19.1. The Balaban J connectivity index is 1.40. The van der Waals surface area contributed by atoms with Crippen molar-refractivity contribution < 1.29 is 14.1 Å². The standard InChI is InChI=1S/C23H25N3O3/c1-16-4-5-18(14-17(16)2)22-15-21(24-29-22)23(27)26-12-10-25(11-13-26)19-6-8-20(28-3)9-7-19/h4-9,14-15H,10-13H2,1-3H3. The van der Waals surface area contributed by atoms with Crippen LogP contribution >= 0.6 is 0 Å². The van der Waals surface area contributed by atoms with Crippen molar-refractivity contribution in [3.63, 3.8) is 0 Å². The topological polar surface area (TPSA) is 58.8 Å². The zero-order chi connectivity index (χ0) is 20.4. The Bertz CT molecular complexity index is 1000. The summed E-state index contributed by atoms with van der Waals surface area (Å²) in [4.78, 5) is 17.0. The largest absolute Gasteiger partial charge is 0.497 e. The molecule has 3 aromatic rings. The molecule has 150 valence electrons. The molecule has 0 radical (unpaired) electrons. The normalized spacial score (nSPS) is 14.2. The van der Waals surface area contributed by atoms with Crippen molar-refractivity contribution in [3.8, 4) is 17.1 Å². The molecular weight excluding hydrogens is 366 g/mol. The van der Waals surface area contributed by atoms with Crippen LogP contribution in [0.25, 0.3) is 11.3 Å².